The predicted molar refractivity (Wildman–Crippen MR) is 61.7 cm³/mol. The third kappa shape index (κ3) is 1.92. The quantitative estimate of drug-likeness (QED) is 0.781. The highest BCUT2D eigenvalue weighted by atomic mass is 15.0. The van der Waals surface area contributed by atoms with Gasteiger partial charge in [0.1, 0.15) is 0 Å². The number of rotatable bonds is 3. The lowest BCUT2D eigenvalue weighted by atomic mass is 9.87. The fraction of sp³-hybridized carbons (Fsp3) is 0.538. The molecule has 0 radical (unpaired) electrons. The van der Waals surface area contributed by atoms with E-state index >= 15 is 0 Å². The Bertz CT molecular complexity index is 330. The smallest absolute Gasteiger partial charge is 0.0145 e. The fourth-order valence-corrected chi connectivity index (χ4v) is 2.55. The molecule has 1 unspecified atom stereocenters. The SMILES string of the molecule is NC1CC(NC2C[C@H]2c2ccccc2)C1. The fourth-order valence-electron chi connectivity index (χ4n) is 2.55. The largest absolute Gasteiger partial charge is 0.328 e. The van der Waals surface area contributed by atoms with Crippen LogP contribution in [0.5, 0.6) is 0 Å². The van der Waals surface area contributed by atoms with Crippen molar-refractivity contribution in [2.45, 2.75) is 43.3 Å². The summed E-state index contributed by atoms with van der Waals surface area (Å²) in [6.45, 7) is 0. The van der Waals surface area contributed by atoms with Crippen LogP contribution in [0.3, 0.4) is 0 Å². The molecule has 0 aliphatic heterocycles. The zero-order chi connectivity index (χ0) is 10.3. The molecule has 0 amide bonds. The highest BCUT2D eigenvalue weighted by Crippen LogP contribution is 2.41. The van der Waals surface area contributed by atoms with Crippen LogP contribution in [0.4, 0.5) is 0 Å². The lowest BCUT2D eigenvalue weighted by molar-refractivity contribution is 0.289. The van der Waals surface area contributed by atoms with Crippen LogP contribution in [0.1, 0.15) is 30.7 Å². The van der Waals surface area contributed by atoms with E-state index in [0.29, 0.717) is 18.1 Å². The van der Waals surface area contributed by atoms with Gasteiger partial charge in [0.2, 0.25) is 0 Å². The van der Waals surface area contributed by atoms with Crippen LogP contribution in [0, 0.1) is 0 Å². The van der Waals surface area contributed by atoms with Crippen LogP contribution in [0.25, 0.3) is 0 Å². The zero-order valence-corrected chi connectivity index (χ0v) is 8.89. The van der Waals surface area contributed by atoms with Gasteiger partial charge in [-0.2, -0.15) is 0 Å². The molecule has 0 bridgehead atoms. The minimum atomic E-state index is 0.455. The maximum absolute atomic E-state index is 5.77. The zero-order valence-electron chi connectivity index (χ0n) is 8.89. The molecule has 2 nitrogen and oxygen atoms in total. The summed E-state index contributed by atoms with van der Waals surface area (Å²) in [5, 5.41) is 3.69. The Morgan fingerprint density at radius 2 is 1.80 bits per heavy atom. The molecular weight excluding hydrogens is 184 g/mol. The minimum absolute atomic E-state index is 0.455. The first-order valence-electron chi connectivity index (χ1n) is 5.89. The van der Waals surface area contributed by atoms with Crippen molar-refractivity contribution in [2.75, 3.05) is 0 Å². The highest BCUT2D eigenvalue weighted by molar-refractivity contribution is 5.27. The Hall–Kier alpha value is -0.860. The molecule has 0 aromatic heterocycles. The third-order valence-corrected chi connectivity index (χ3v) is 3.64. The van der Waals surface area contributed by atoms with E-state index in [2.05, 4.69) is 35.6 Å². The normalized spacial score (nSPS) is 38.5. The summed E-state index contributed by atoms with van der Waals surface area (Å²) in [7, 11) is 0. The van der Waals surface area contributed by atoms with Gasteiger partial charge in [0.15, 0.2) is 0 Å². The minimum Gasteiger partial charge on any atom is -0.328 e. The van der Waals surface area contributed by atoms with Crippen LogP contribution >= 0.6 is 0 Å². The van der Waals surface area contributed by atoms with Gasteiger partial charge in [-0.3, -0.25) is 0 Å². The second kappa shape index (κ2) is 3.62. The van der Waals surface area contributed by atoms with E-state index in [0.717, 1.165) is 18.8 Å². The first-order valence-corrected chi connectivity index (χ1v) is 5.89. The molecule has 2 saturated carbocycles. The van der Waals surface area contributed by atoms with E-state index in [1.54, 1.807) is 0 Å². The lowest BCUT2D eigenvalue weighted by Crippen LogP contribution is -2.49. The van der Waals surface area contributed by atoms with Crippen molar-refractivity contribution in [3.05, 3.63) is 35.9 Å². The van der Waals surface area contributed by atoms with Crippen molar-refractivity contribution in [1.29, 1.82) is 0 Å². The van der Waals surface area contributed by atoms with Gasteiger partial charge >= 0.3 is 0 Å². The van der Waals surface area contributed by atoms with Crippen molar-refractivity contribution in [2.24, 2.45) is 5.73 Å². The molecule has 2 aliphatic rings. The molecule has 3 N–H and O–H groups in total. The standard InChI is InChI=1S/C13H18N2/c14-10-6-11(7-10)15-13-8-12(13)9-4-2-1-3-5-9/h1-5,10-13,15H,6-8,14H2/t10?,11?,12-,13?/m0/s1. The van der Waals surface area contributed by atoms with E-state index in [1.807, 2.05) is 0 Å². The number of hydrogen-bond donors (Lipinski definition) is 2. The van der Waals surface area contributed by atoms with Crippen molar-refractivity contribution in [3.8, 4) is 0 Å². The molecule has 2 fully saturated rings. The van der Waals surface area contributed by atoms with Gasteiger partial charge in [-0.1, -0.05) is 30.3 Å². The Morgan fingerprint density at radius 3 is 2.47 bits per heavy atom. The average Bonchev–Trinajstić information content (AvgIpc) is 2.96. The number of hydrogen-bond acceptors (Lipinski definition) is 2. The van der Waals surface area contributed by atoms with E-state index in [9.17, 15) is 0 Å². The molecule has 1 aromatic carbocycles. The van der Waals surface area contributed by atoms with Gasteiger partial charge in [0, 0.05) is 24.0 Å². The Kier molecular flexibility index (Phi) is 2.26. The van der Waals surface area contributed by atoms with Gasteiger partial charge in [0.05, 0.1) is 0 Å². The van der Waals surface area contributed by atoms with Crippen LogP contribution in [-0.2, 0) is 0 Å². The summed E-state index contributed by atoms with van der Waals surface area (Å²) >= 11 is 0. The van der Waals surface area contributed by atoms with E-state index in [4.69, 9.17) is 5.73 Å². The summed E-state index contributed by atoms with van der Waals surface area (Å²) in [5.41, 5.74) is 7.26. The summed E-state index contributed by atoms with van der Waals surface area (Å²) < 4.78 is 0. The lowest BCUT2D eigenvalue weighted by Gasteiger charge is -2.33. The average molecular weight is 202 g/mol. The van der Waals surface area contributed by atoms with Crippen molar-refractivity contribution >= 4 is 0 Å². The van der Waals surface area contributed by atoms with E-state index < -0.39 is 0 Å². The molecule has 2 heteroatoms. The topological polar surface area (TPSA) is 38.0 Å². The number of nitrogens with two attached hydrogens (primary N) is 1. The highest BCUT2D eigenvalue weighted by Gasteiger charge is 2.41. The maximum atomic E-state index is 5.77. The van der Waals surface area contributed by atoms with Gasteiger partial charge in [0.25, 0.3) is 0 Å². The Balaban J connectivity index is 1.52. The number of benzene rings is 1. The molecule has 15 heavy (non-hydrogen) atoms. The molecule has 3 rings (SSSR count). The second-order valence-corrected chi connectivity index (χ2v) is 4.95. The molecule has 2 aliphatic carbocycles. The molecule has 80 valence electrons. The Morgan fingerprint density at radius 1 is 1.07 bits per heavy atom. The molecule has 1 aromatic rings. The van der Waals surface area contributed by atoms with Gasteiger partial charge in [-0.05, 0) is 24.8 Å². The molecule has 0 spiro atoms. The summed E-state index contributed by atoms with van der Waals surface area (Å²) in [5.74, 6) is 0.753. The molecule has 2 atom stereocenters. The second-order valence-electron chi connectivity index (χ2n) is 4.95. The summed E-state index contributed by atoms with van der Waals surface area (Å²) in [4.78, 5) is 0. The van der Waals surface area contributed by atoms with Crippen LogP contribution < -0.4 is 11.1 Å². The van der Waals surface area contributed by atoms with E-state index in [1.165, 1.54) is 12.0 Å². The van der Waals surface area contributed by atoms with Crippen molar-refractivity contribution < 1.29 is 0 Å². The first-order chi connectivity index (χ1) is 7.33. The predicted octanol–water partition coefficient (Wildman–Crippen LogP) is 1.62. The van der Waals surface area contributed by atoms with Crippen LogP contribution in [0.15, 0.2) is 30.3 Å². The van der Waals surface area contributed by atoms with E-state index in [-0.39, 0.29) is 0 Å². The van der Waals surface area contributed by atoms with Crippen molar-refractivity contribution in [1.82, 2.24) is 5.32 Å². The summed E-state index contributed by atoms with van der Waals surface area (Å²) in [6.07, 6.45) is 3.63. The number of nitrogens with one attached hydrogen (secondary N) is 1. The third-order valence-electron chi connectivity index (χ3n) is 3.64. The summed E-state index contributed by atoms with van der Waals surface area (Å²) in [6, 6.07) is 12.7. The first kappa shape index (κ1) is 9.37. The van der Waals surface area contributed by atoms with Gasteiger partial charge in [-0.25, -0.2) is 0 Å². The molecule has 0 heterocycles. The van der Waals surface area contributed by atoms with Crippen LogP contribution in [0.2, 0.25) is 0 Å². The Labute approximate surface area is 90.9 Å². The maximum Gasteiger partial charge on any atom is 0.0145 e. The van der Waals surface area contributed by atoms with Crippen molar-refractivity contribution in [3.63, 3.8) is 0 Å². The van der Waals surface area contributed by atoms with Gasteiger partial charge in [-0.15, -0.1) is 0 Å². The molecule has 0 saturated heterocycles. The molecular formula is C13H18N2. The van der Waals surface area contributed by atoms with Gasteiger partial charge < -0.3 is 11.1 Å². The van der Waals surface area contributed by atoms with Crippen LogP contribution in [-0.4, -0.2) is 18.1 Å². The monoisotopic (exact) mass is 202 g/mol.